The van der Waals surface area contributed by atoms with Crippen molar-refractivity contribution in [1.29, 1.82) is 0 Å². The van der Waals surface area contributed by atoms with Gasteiger partial charge >= 0.3 is 0 Å². The molecular formula is C13H19F2NO. The zero-order valence-electron chi connectivity index (χ0n) is 10.5. The van der Waals surface area contributed by atoms with Crippen LogP contribution in [0.3, 0.4) is 0 Å². The fourth-order valence-electron chi connectivity index (χ4n) is 1.86. The lowest BCUT2D eigenvalue weighted by atomic mass is 9.97. The summed E-state index contributed by atoms with van der Waals surface area (Å²) in [4.78, 5) is 0. The van der Waals surface area contributed by atoms with E-state index in [4.69, 9.17) is 10.5 Å². The molecule has 1 rings (SSSR count). The second-order valence-corrected chi connectivity index (χ2v) is 4.02. The van der Waals surface area contributed by atoms with E-state index in [2.05, 4.69) is 0 Å². The Morgan fingerprint density at radius 3 is 2.47 bits per heavy atom. The molecule has 2 N–H and O–H groups in total. The van der Waals surface area contributed by atoms with Gasteiger partial charge in [-0.15, -0.1) is 0 Å². The number of hydrogen-bond donors (Lipinski definition) is 1. The lowest BCUT2D eigenvalue weighted by Crippen LogP contribution is -2.30. The van der Waals surface area contributed by atoms with Crippen LogP contribution in [0, 0.1) is 18.6 Å². The standard InChI is InChI=1S/C13H19F2NO/c1-4-10(17-5-2)13(16)11-9(14)7-6-8(3)12(11)15/h6-7,10,13H,4-5,16H2,1-3H3. The van der Waals surface area contributed by atoms with Crippen LogP contribution in [-0.2, 0) is 4.74 Å². The Balaban J connectivity index is 3.10. The van der Waals surface area contributed by atoms with E-state index in [1.807, 2.05) is 13.8 Å². The summed E-state index contributed by atoms with van der Waals surface area (Å²) in [6.07, 6.45) is 0.243. The van der Waals surface area contributed by atoms with E-state index in [9.17, 15) is 8.78 Å². The average Bonchev–Trinajstić information content (AvgIpc) is 2.31. The highest BCUT2D eigenvalue weighted by Gasteiger charge is 2.25. The molecule has 2 nitrogen and oxygen atoms in total. The van der Waals surface area contributed by atoms with Crippen molar-refractivity contribution in [2.75, 3.05) is 6.61 Å². The maximum atomic E-state index is 13.9. The van der Waals surface area contributed by atoms with Crippen LogP contribution in [-0.4, -0.2) is 12.7 Å². The van der Waals surface area contributed by atoms with Crippen LogP contribution in [0.2, 0.25) is 0 Å². The third-order valence-corrected chi connectivity index (χ3v) is 2.84. The van der Waals surface area contributed by atoms with Gasteiger partial charge in [-0.1, -0.05) is 13.0 Å². The van der Waals surface area contributed by atoms with Gasteiger partial charge < -0.3 is 10.5 Å². The second-order valence-electron chi connectivity index (χ2n) is 4.02. The van der Waals surface area contributed by atoms with Gasteiger partial charge in [-0.3, -0.25) is 0 Å². The topological polar surface area (TPSA) is 35.2 Å². The predicted octanol–water partition coefficient (Wildman–Crippen LogP) is 3.09. The van der Waals surface area contributed by atoms with Crippen molar-refractivity contribution in [3.8, 4) is 0 Å². The average molecular weight is 243 g/mol. The van der Waals surface area contributed by atoms with Gasteiger partial charge in [-0.2, -0.15) is 0 Å². The summed E-state index contributed by atoms with van der Waals surface area (Å²) < 4.78 is 32.9. The quantitative estimate of drug-likeness (QED) is 0.862. The highest BCUT2D eigenvalue weighted by Crippen LogP contribution is 2.26. The third-order valence-electron chi connectivity index (χ3n) is 2.84. The Bertz CT molecular complexity index is 382. The first-order valence-electron chi connectivity index (χ1n) is 5.84. The Kier molecular flexibility index (Phi) is 5.02. The van der Waals surface area contributed by atoms with Gasteiger partial charge in [0.25, 0.3) is 0 Å². The van der Waals surface area contributed by atoms with E-state index in [1.165, 1.54) is 12.1 Å². The number of aryl methyl sites for hydroxylation is 1. The summed E-state index contributed by atoms with van der Waals surface area (Å²) in [6.45, 7) is 5.78. The molecule has 0 spiro atoms. The summed E-state index contributed by atoms with van der Waals surface area (Å²) in [6, 6.07) is 1.87. The van der Waals surface area contributed by atoms with Crippen LogP contribution < -0.4 is 5.73 Å². The summed E-state index contributed by atoms with van der Waals surface area (Å²) in [7, 11) is 0. The van der Waals surface area contributed by atoms with Gasteiger partial charge in [0, 0.05) is 12.2 Å². The van der Waals surface area contributed by atoms with Crippen molar-refractivity contribution < 1.29 is 13.5 Å². The maximum Gasteiger partial charge on any atom is 0.133 e. The van der Waals surface area contributed by atoms with E-state index in [0.717, 1.165) is 0 Å². The maximum absolute atomic E-state index is 13.9. The minimum absolute atomic E-state index is 0.0784. The zero-order chi connectivity index (χ0) is 13.0. The minimum Gasteiger partial charge on any atom is -0.377 e. The van der Waals surface area contributed by atoms with E-state index < -0.39 is 17.7 Å². The van der Waals surface area contributed by atoms with E-state index in [1.54, 1.807) is 6.92 Å². The van der Waals surface area contributed by atoms with Crippen LogP contribution in [0.1, 0.15) is 37.4 Å². The van der Waals surface area contributed by atoms with Crippen molar-refractivity contribution in [3.63, 3.8) is 0 Å². The summed E-state index contributed by atoms with van der Waals surface area (Å²) in [5.74, 6) is -1.19. The van der Waals surface area contributed by atoms with Crippen LogP contribution in [0.4, 0.5) is 8.78 Å². The Hall–Kier alpha value is -1.00. The summed E-state index contributed by atoms with van der Waals surface area (Å²) >= 11 is 0. The fourth-order valence-corrected chi connectivity index (χ4v) is 1.86. The molecule has 17 heavy (non-hydrogen) atoms. The van der Waals surface area contributed by atoms with E-state index in [0.29, 0.717) is 18.6 Å². The molecule has 4 heteroatoms. The van der Waals surface area contributed by atoms with Crippen molar-refractivity contribution in [1.82, 2.24) is 0 Å². The van der Waals surface area contributed by atoms with Gasteiger partial charge in [0.05, 0.1) is 12.1 Å². The molecule has 96 valence electrons. The summed E-state index contributed by atoms with van der Waals surface area (Å²) in [5, 5.41) is 0. The molecule has 0 heterocycles. The molecule has 0 saturated carbocycles. The smallest absolute Gasteiger partial charge is 0.133 e. The van der Waals surface area contributed by atoms with Gasteiger partial charge in [0.1, 0.15) is 11.6 Å². The molecule has 0 radical (unpaired) electrons. The normalized spacial score (nSPS) is 14.7. The number of ether oxygens (including phenoxy) is 1. The molecular weight excluding hydrogens is 224 g/mol. The number of hydrogen-bond acceptors (Lipinski definition) is 2. The van der Waals surface area contributed by atoms with Crippen molar-refractivity contribution in [3.05, 3.63) is 34.9 Å². The molecule has 2 atom stereocenters. The number of rotatable bonds is 5. The first kappa shape index (κ1) is 14.1. The second kappa shape index (κ2) is 6.07. The zero-order valence-corrected chi connectivity index (χ0v) is 10.5. The molecule has 0 aliphatic heterocycles. The monoisotopic (exact) mass is 243 g/mol. The van der Waals surface area contributed by atoms with Crippen molar-refractivity contribution in [2.24, 2.45) is 5.73 Å². The molecule has 0 amide bonds. The summed E-state index contributed by atoms with van der Waals surface area (Å²) in [5.41, 5.74) is 6.21. The van der Waals surface area contributed by atoms with Gasteiger partial charge in [0.15, 0.2) is 0 Å². The molecule has 0 aliphatic carbocycles. The molecule has 0 fully saturated rings. The predicted molar refractivity (Wildman–Crippen MR) is 63.7 cm³/mol. The third kappa shape index (κ3) is 3.01. The highest BCUT2D eigenvalue weighted by atomic mass is 19.1. The van der Waals surface area contributed by atoms with E-state index in [-0.39, 0.29) is 11.7 Å². The number of benzene rings is 1. The molecule has 0 saturated heterocycles. The van der Waals surface area contributed by atoms with Crippen molar-refractivity contribution in [2.45, 2.75) is 39.3 Å². The van der Waals surface area contributed by atoms with Crippen LogP contribution in [0.25, 0.3) is 0 Å². The van der Waals surface area contributed by atoms with Gasteiger partial charge in [0.2, 0.25) is 0 Å². The SMILES string of the molecule is CCOC(CC)C(N)c1c(F)ccc(C)c1F. The van der Waals surface area contributed by atoms with Crippen LogP contribution in [0.15, 0.2) is 12.1 Å². The van der Waals surface area contributed by atoms with Crippen LogP contribution >= 0.6 is 0 Å². The Labute approximate surface area is 101 Å². The molecule has 1 aromatic rings. The van der Waals surface area contributed by atoms with E-state index >= 15 is 0 Å². The highest BCUT2D eigenvalue weighted by molar-refractivity contribution is 5.29. The Morgan fingerprint density at radius 1 is 1.29 bits per heavy atom. The molecule has 2 unspecified atom stereocenters. The molecule has 0 bridgehead atoms. The van der Waals surface area contributed by atoms with Crippen molar-refractivity contribution >= 4 is 0 Å². The molecule has 0 aromatic heterocycles. The lowest BCUT2D eigenvalue weighted by Gasteiger charge is -2.24. The lowest BCUT2D eigenvalue weighted by molar-refractivity contribution is 0.0396. The minimum atomic E-state index is -0.778. The molecule has 1 aromatic carbocycles. The first-order valence-corrected chi connectivity index (χ1v) is 5.84. The first-order chi connectivity index (χ1) is 8.02. The molecule has 0 aliphatic rings. The largest absolute Gasteiger partial charge is 0.377 e. The van der Waals surface area contributed by atoms with Crippen LogP contribution in [0.5, 0.6) is 0 Å². The Morgan fingerprint density at radius 2 is 1.94 bits per heavy atom. The van der Waals surface area contributed by atoms with Gasteiger partial charge in [-0.25, -0.2) is 8.78 Å². The number of nitrogens with two attached hydrogens (primary N) is 1. The fraction of sp³-hybridized carbons (Fsp3) is 0.538. The van der Waals surface area contributed by atoms with Gasteiger partial charge in [-0.05, 0) is 31.9 Å². The number of halogens is 2.